The molecule has 0 aliphatic heterocycles. The largest absolute Gasteiger partial charge is 0.317 e. The molecule has 0 heterocycles. The Kier molecular flexibility index (Phi) is 4.23. The zero-order chi connectivity index (χ0) is 14.7. The predicted octanol–water partition coefficient (Wildman–Crippen LogP) is 1.81. The molecule has 6 nitrogen and oxygen atoms in total. The number of nitro groups is 1. The van der Waals surface area contributed by atoms with Gasteiger partial charge >= 0.3 is 0 Å². The molecule has 1 aliphatic carbocycles. The van der Waals surface area contributed by atoms with Crippen LogP contribution in [0, 0.1) is 27.7 Å². The van der Waals surface area contributed by atoms with Crippen LogP contribution >= 0.6 is 0 Å². The topological polar surface area (TPSA) is 84.3 Å². The minimum absolute atomic E-state index is 0.108. The summed E-state index contributed by atoms with van der Waals surface area (Å²) in [6.45, 7) is 0.560. The van der Waals surface area contributed by atoms with Crippen LogP contribution in [0.3, 0.4) is 0 Å². The number of anilines is 1. The van der Waals surface area contributed by atoms with Crippen LogP contribution in [0.2, 0.25) is 0 Å². The summed E-state index contributed by atoms with van der Waals surface area (Å²) < 4.78 is 26.6. The average molecular weight is 285 g/mol. The number of nitrogens with one attached hydrogen (secondary N) is 2. The molecule has 0 unspecified atom stereocenters. The molecule has 1 aliphatic rings. The van der Waals surface area contributed by atoms with Crippen LogP contribution in [-0.2, 0) is 4.79 Å². The van der Waals surface area contributed by atoms with Crippen molar-refractivity contribution in [1.29, 1.82) is 0 Å². The molecule has 1 aromatic rings. The third-order valence-electron chi connectivity index (χ3n) is 2.95. The molecule has 1 fully saturated rings. The van der Waals surface area contributed by atoms with E-state index in [9.17, 15) is 23.7 Å². The van der Waals surface area contributed by atoms with Crippen molar-refractivity contribution < 1.29 is 18.5 Å². The number of rotatable bonds is 6. The molecule has 0 radical (unpaired) electrons. The molecular weight excluding hydrogens is 272 g/mol. The van der Waals surface area contributed by atoms with Gasteiger partial charge in [0.05, 0.1) is 11.5 Å². The standard InChI is InChI=1S/C12H13F2N3O3/c13-8-3-4-9(17(19)20)12(11(8)14)16-10(18)6-15-5-7-1-2-7/h3-4,7,15H,1-2,5-6H2,(H,16,18). The van der Waals surface area contributed by atoms with Gasteiger partial charge in [0.25, 0.3) is 5.69 Å². The highest BCUT2D eigenvalue weighted by atomic mass is 19.2. The van der Waals surface area contributed by atoms with Crippen molar-refractivity contribution in [2.45, 2.75) is 12.8 Å². The van der Waals surface area contributed by atoms with Crippen molar-refractivity contribution in [1.82, 2.24) is 5.32 Å². The van der Waals surface area contributed by atoms with Crippen molar-refractivity contribution in [3.05, 3.63) is 33.9 Å². The SMILES string of the molecule is O=C(CNCC1CC1)Nc1c([N+](=O)[O-])ccc(F)c1F. The summed E-state index contributed by atoms with van der Waals surface area (Å²) in [7, 11) is 0. The van der Waals surface area contributed by atoms with Crippen molar-refractivity contribution in [3.8, 4) is 0 Å². The fourth-order valence-electron chi connectivity index (χ4n) is 1.71. The van der Waals surface area contributed by atoms with Gasteiger partial charge in [-0.15, -0.1) is 0 Å². The third-order valence-corrected chi connectivity index (χ3v) is 2.95. The lowest BCUT2D eigenvalue weighted by molar-refractivity contribution is -0.384. The van der Waals surface area contributed by atoms with Crippen LogP contribution in [0.1, 0.15) is 12.8 Å². The van der Waals surface area contributed by atoms with E-state index in [1.54, 1.807) is 0 Å². The lowest BCUT2D eigenvalue weighted by atomic mass is 10.2. The van der Waals surface area contributed by atoms with Crippen LogP contribution in [0.4, 0.5) is 20.2 Å². The molecule has 108 valence electrons. The van der Waals surface area contributed by atoms with Crippen LogP contribution in [0.5, 0.6) is 0 Å². The molecule has 2 N–H and O–H groups in total. The van der Waals surface area contributed by atoms with E-state index in [1.807, 2.05) is 5.32 Å². The van der Waals surface area contributed by atoms with E-state index in [2.05, 4.69) is 5.32 Å². The molecule has 2 rings (SSSR count). The molecule has 8 heteroatoms. The average Bonchev–Trinajstić information content (AvgIpc) is 3.19. The number of nitro benzene ring substituents is 1. The summed E-state index contributed by atoms with van der Waals surface area (Å²) in [6.07, 6.45) is 2.22. The molecule has 0 spiro atoms. The molecular formula is C12H13F2N3O3. The first kappa shape index (κ1) is 14.3. The molecule has 1 aromatic carbocycles. The zero-order valence-corrected chi connectivity index (χ0v) is 10.5. The maximum Gasteiger partial charge on any atom is 0.296 e. The van der Waals surface area contributed by atoms with E-state index < -0.39 is 33.8 Å². The second kappa shape index (κ2) is 5.91. The molecule has 20 heavy (non-hydrogen) atoms. The third kappa shape index (κ3) is 3.47. The van der Waals surface area contributed by atoms with Crippen molar-refractivity contribution in [3.63, 3.8) is 0 Å². The summed E-state index contributed by atoms with van der Waals surface area (Å²) in [5, 5.41) is 15.6. The molecule has 0 aromatic heterocycles. The van der Waals surface area contributed by atoms with Gasteiger partial charge in [0.2, 0.25) is 5.91 Å². The number of hydrogen-bond donors (Lipinski definition) is 2. The van der Waals surface area contributed by atoms with Gasteiger partial charge in [-0.25, -0.2) is 8.78 Å². The lowest BCUT2D eigenvalue weighted by Crippen LogP contribution is -2.30. The smallest absolute Gasteiger partial charge is 0.296 e. The summed E-state index contributed by atoms with van der Waals surface area (Å²) in [6, 6.07) is 1.46. The van der Waals surface area contributed by atoms with Crippen LogP contribution < -0.4 is 10.6 Å². The number of carbonyl (C=O) groups excluding carboxylic acids is 1. The first-order valence-corrected chi connectivity index (χ1v) is 6.12. The maximum absolute atomic E-state index is 13.5. The first-order chi connectivity index (χ1) is 9.49. The summed E-state index contributed by atoms with van der Waals surface area (Å²) in [5.74, 6) is -2.78. The van der Waals surface area contributed by atoms with Crippen LogP contribution in [-0.4, -0.2) is 23.9 Å². The molecule has 0 atom stereocenters. The fourth-order valence-corrected chi connectivity index (χ4v) is 1.71. The van der Waals surface area contributed by atoms with Gasteiger partial charge in [-0.2, -0.15) is 0 Å². The highest BCUT2D eigenvalue weighted by molar-refractivity contribution is 5.94. The van der Waals surface area contributed by atoms with E-state index >= 15 is 0 Å². The Morgan fingerprint density at radius 3 is 2.70 bits per heavy atom. The summed E-state index contributed by atoms with van der Waals surface area (Å²) in [4.78, 5) is 21.4. The van der Waals surface area contributed by atoms with E-state index in [0.717, 1.165) is 18.9 Å². The lowest BCUT2D eigenvalue weighted by Gasteiger charge is -2.08. The van der Waals surface area contributed by atoms with E-state index in [0.29, 0.717) is 18.5 Å². The minimum Gasteiger partial charge on any atom is -0.317 e. The molecule has 0 bridgehead atoms. The highest BCUT2D eigenvalue weighted by Gasteiger charge is 2.24. The van der Waals surface area contributed by atoms with Crippen molar-refractivity contribution in [2.24, 2.45) is 5.92 Å². The van der Waals surface area contributed by atoms with Crippen molar-refractivity contribution >= 4 is 17.3 Å². The van der Waals surface area contributed by atoms with Gasteiger partial charge in [0, 0.05) is 6.07 Å². The number of hydrogen-bond acceptors (Lipinski definition) is 4. The minimum atomic E-state index is -1.44. The molecule has 1 amide bonds. The number of benzene rings is 1. The number of amides is 1. The summed E-state index contributed by atoms with van der Waals surface area (Å²) >= 11 is 0. The molecule has 1 saturated carbocycles. The number of nitrogens with zero attached hydrogens (tertiary/aromatic N) is 1. The number of carbonyl (C=O) groups is 1. The first-order valence-electron chi connectivity index (χ1n) is 6.12. The van der Waals surface area contributed by atoms with Gasteiger partial charge in [-0.3, -0.25) is 14.9 Å². The van der Waals surface area contributed by atoms with E-state index in [-0.39, 0.29) is 6.54 Å². The second-order valence-corrected chi connectivity index (χ2v) is 4.64. The zero-order valence-electron chi connectivity index (χ0n) is 10.5. The Labute approximate surface area is 113 Å². The van der Waals surface area contributed by atoms with Gasteiger partial charge < -0.3 is 10.6 Å². The quantitative estimate of drug-likeness (QED) is 0.616. The van der Waals surface area contributed by atoms with E-state index in [1.165, 1.54) is 0 Å². The Balaban J connectivity index is 2.04. The van der Waals surface area contributed by atoms with Gasteiger partial charge in [0.1, 0.15) is 0 Å². The normalized spacial score (nSPS) is 14.1. The van der Waals surface area contributed by atoms with Gasteiger partial charge in [0.15, 0.2) is 17.3 Å². The highest BCUT2D eigenvalue weighted by Crippen LogP contribution is 2.29. The fraction of sp³-hybridized carbons (Fsp3) is 0.417. The monoisotopic (exact) mass is 285 g/mol. The predicted molar refractivity (Wildman–Crippen MR) is 67.2 cm³/mol. The summed E-state index contributed by atoms with van der Waals surface area (Å²) in [5.41, 5.74) is -1.42. The maximum atomic E-state index is 13.5. The van der Waals surface area contributed by atoms with Gasteiger partial charge in [-0.05, 0) is 31.4 Å². The number of halogens is 2. The van der Waals surface area contributed by atoms with Crippen molar-refractivity contribution in [2.75, 3.05) is 18.4 Å². The van der Waals surface area contributed by atoms with Gasteiger partial charge in [-0.1, -0.05) is 0 Å². The molecule has 0 saturated heterocycles. The van der Waals surface area contributed by atoms with Crippen LogP contribution in [0.15, 0.2) is 12.1 Å². The second-order valence-electron chi connectivity index (χ2n) is 4.64. The Morgan fingerprint density at radius 1 is 1.40 bits per heavy atom. The van der Waals surface area contributed by atoms with Crippen LogP contribution in [0.25, 0.3) is 0 Å². The van der Waals surface area contributed by atoms with E-state index in [4.69, 9.17) is 0 Å². The Bertz CT molecular complexity index is 547. The Morgan fingerprint density at radius 2 is 2.10 bits per heavy atom. The Hall–Kier alpha value is -2.09.